The number of amides is 1. The van der Waals surface area contributed by atoms with E-state index in [1.54, 1.807) is 24.4 Å². The minimum atomic E-state index is -1.03. The van der Waals surface area contributed by atoms with E-state index in [0.29, 0.717) is 29.9 Å². The molecule has 2 aromatic carbocycles. The first-order chi connectivity index (χ1) is 15.9. The van der Waals surface area contributed by atoms with E-state index in [0.717, 1.165) is 24.2 Å². The number of carbonyl (C=O) groups is 3. The largest absolute Gasteiger partial charge is 0.481 e. The number of carbonyl (C=O) groups excluding carboxylic acids is 1. The predicted octanol–water partition coefficient (Wildman–Crippen LogP) is 2.92. The molecular formula is C24H26N4O5. The molecule has 2 heterocycles. The summed E-state index contributed by atoms with van der Waals surface area (Å²) < 4.78 is 0. The number of para-hydroxylation sites is 1. The summed E-state index contributed by atoms with van der Waals surface area (Å²) in [5, 5.41) is 22.2. The first kappa shape index (κ1) is 22.3. The van der Waals surface area contributed by atoms with Crippen LogP contribution in [-0.4, -0.2) is 64.1 Å². The number of piperazine rings is 1. The molecule has 0 radical (unpaired) electrons. The van der Waals surface area contributed by atoms with E-state index in [9.17, 15) is 19.5 Å². The van der Waals surface area contributed by atoms with Crippen LogP contribution < -0.4 is 10.2 Å². The van der Waals surface area contributed by atoms with E-state index in [1.807, 2.05) is 23.1 Å². The van der Waals surface area contributed by atoms with Crippen molar-refractivity contribution in [3.05, 3.63) is 60.3 Å². The molecule has 1 aliphatic heterocycles. The average molecular weight is 450 g/mol. The second kappa shape index (κ2) is 9.74. The summed E-state index contributed by atoms with van der Waals surface area (Å²) >= 11 is 0. The van der Waals surface area contributed by atoms with Gasteiger partial charge >= 0.3 is 11.9 Å². The van der Waals surface area contributed by atoms with Crippen LogP contribution in [0.2, 0.25) is 0 Å². The lowest BCUT2D eigenvalue weighted by Gasteiger charge is -2.38. The van der Waals surface area contributed by atoms with Crippen LogP contribution in [0.4, 0.5) is 11.4 Å². The lowest BCUT2D eigenvalue weighted by Crippen LogP contribution is -2.49. The molecule has 0 bridgehead atoms. The highest BCUT2D eigenvalue weighted by Crippen LogP contribution is 2.31. The zero-order valence-corrected chi connectivity index (χ0v) is 18.0. The van der Waals surface area contributed by atoms with Gasteiger partial charge in [0.15, 0.2) is 0 Å². The molecule has 4 N–H and O–H groups in total. The third-order valence-corrected chi connectivity index (χ3v) is 5.89. The number of nitrogens with one attached hydrogen (secondary N) is 2. The first-order valence-corrected chi connectivity index (χ1v) is 10.8. The SMILES string of the molecule is O=C(O)CCC(=O)Nc1ccc2c([C@H](C(=O)O)N3CCN(c4ccccc4)CC3)c[nH]c2c1. The Morgan fingerprint density at radius 3 is 2.36 bits per heavy atom. The number of fused-ring (bicyclic) bond motifs is 1. The van der Waals surface area contributed by atoms with E-state index in [4.69, 9.17) is 5.11 Å². The number of hydrogen-bond donors (Lipinski definition) is 4. The van der Waals surface area contributed by atoms with E-state index in [2.05, 4.69) is 27.3 Å². The first-order valence-electron chi connectivity index (χ1n) is 10.8. The predicted molar refractivity (Wildman–Crippen MR) is 124 cm³/mol. The molecule has 1 aromatic heterocycles. The van der Waals surface area contributed by atoms with Gasteiger partial charge in [-0.1, -0.05) is 24.3 Å². The highest BCUT2D eigenvalue weighted by atomic mass is 16.4. The van der Waals surface area contributed by atoms with Gasteiger partial charge < -0.3 is 25.4 Å². The highest BCUT2D eigenvalue weighted by molar-refractivity contribution is 5.96. The number of aliphatic carboxylic acids is 2. The molecule has 3 aromatic rings. The summed E-state index contributed by atoms with van der Waals surface area (Å²) in [7, 11) is 0. The molecule has 1 fully saturated rings. The maximum atomic E-state index is 12.3. The zero-order valence-electron chi connectivity index (χ0n) is 18.0. The normalized spacial score (nSPS) is 15.3. The lowest BCUT2D eigenvalue weighted by molar-refractivity contribution is -0.143. The molecule has 1 amide bonds. The van der Waals surface area contributed by atoms with Gasteiger partial charge in [-0.15, -0.1) is 0 Å². The Balaban J connectivity index is 1.48. The Bertz CT molecular complexity index is 1150. The molecule has 1 aliphatic rings. The average Bonchev–Trinajstić information content (AvgIpc) is 3.21. The van der Waals surface area contributed by atoms with Gasteiger partial charge in [0.25, 0.3) is 0 Å². The van der Waals surface area contributed by atoms with E-state index >= 15 is 0 Å². The quantitative estimate of drug-likeness (QED) is 0.416. The standard InChI is InChI=1S/C24H26N4O5/c29-21(8-9-22(30)31)26-16-6-7-18-19(15-25-20(18)14-16)23(24(32)33)28-12-10-27(11-13-28)17-4-2-1-3-5-17/h1-7,14-15,23,25H,8-13H2,(H,26,29)(H,30,31)(H,32,33)/t23-/m1/s1. The Labute approximate surface area is 190 Å². The number of aromatic nitrogens is 1. The van der Waals surface area contributed by atoms with Crippen LogP contribution >= 0.6 is 0 Å². The van der Waals surface area contributed by atoms with Gasteiger partial charge in [0, 0.05) is 66.6 Å². The summed E-state index contributed by atoms with van der Waals surface area (Å²) in [5.41, 5.74) is 3.04. The number of carboxylic acids is 2. The van der Waals surface area contributed by atoms with Crippen molar-refractivity contribution in [2.24, 2.45) is 0 Å². The summed E-state index contributed by atoms with van der Waals surface area (Å²) in [6.07, 6.45) is 1.36. The molecule has 172 valence electrons. The summed E-state index contributed by atoms with van der Waals surface area (Å²) in [6, 6.07) is 14.5. The number of nitrogens with zero attached hydrogens (tertiary/aromatic N) is 2. The number of hydrogen-bond acceptors (Lipinski definition) is 5. The smallest absolute Gasteiger partial charge is 0.325 e. The van der Waals surface area contributed by atoms with E-state index < -0.39 is 18.0 Å². The summed E-state index contributed by atoms with van der Waals surface area (Å²) in [4.78, 5) is 42.2. The van der Waals surface area contributed by atoms with E-state index in [1.165, 1.54) is 0 Å². The van der Waals surface area contributed by atoms with Crippen molar-refractivity contribution >= 4 is 40.1 Å². The lowest BCUT2D eigenvalue weighted by atomic mass is 10.0. The zero-order chi connectivity index (χ0) is 23.4. The van der Waals surface area contributed by atoms with Gasteiger partial charge in [-0.2, -0.15) is 0 Å². The Morgan fingerprint density at radius 2 is 1.70 bits per heavy atom. The molecule has 9 nitrogen and oxygen atoms in total. The molecule has 0 spiro atoms. The topological polar surface area (TPSA) is 126 Å². The minimum Gasteiger partial charge on any atom is -0.481 e. The van der Waals surface area contributed by atoms with Crippen LogP contribution in [0.5, 0.6) is 0 Å². The van der Waals surface area contributed by atoms with Crippen molar-refractivity contribution in [1.29, 1.82) is 0 Å². The number of rotatable bonds is 8. The molecule has 0 aliphatic carbocycles. The maximum Gasteiger partial charge on any atom is 0.325 e. The molecule has 0 unspecified atom stereocenters. The molecule has 4 rings (SSSR count). The molecule has 0 saturated carbocycles. The van der Waals surface area contributed by atoms with Crippen LogP contribution in [0.1, 0.15) is 24.4 Å². The van der Waals surface area contributed by atoms with Crippen molar-refractivity contribution in [2.75, 3.05) is 36.4 Å². The van der Waals surface area contributed by atoms with Gasteiger partial charge in [-0.05, 0) is 24.3 Å². The van der Waals surface area contributed by atoms with Crippen LogP contribution in [0, 0.1) is 0 Å². The summed E-state index contributed by atoms with van der Waals surface area (Å²) in [5.74, 6) is -2.32. The fourth-order valence-corrected chi connectivity index (χ4v) is 4.26. The summed E-state index contributed by atoms with van der Waals surface area (Å²) in [6.45, 7) is 2.72. The van der Waals surface area contributed by atoms with Gasteiger partial charge in [0.2, 0.25) is 5.91 Å². The van der Waals surface area contributed by atoms with Gasteiger partial charge in [-0.3, -0.25) is 19.3 Å². The van der Waals surface area contributed by atoms with Crippen molar-refractivity contribution in [3.8, 4) is 0 Å². The fourth-order valence-electron chi connectivity index (χ4n) is 4.26. The molecule has 33 heavy (non-hydrogen) atoms. The van der Waals surface area contributed by atoms with Crippen molar-refractivity contribution in [3.63, 3.8) is 0 Å². The second-order valence-corrected chi connectivity index (χ2v) is 8.05. The molecular weight excluding hydrogens is 424 g/mol. The van der Waals surface area contributed by atoms with Gasteiger partial charge in [-0.25, -0.2) is 0 Å². The number of carboxylic acid groups (broad SMARTS) is 2. The van der Waals surface area contributed by atoms with Crippen LogP contribution in [0.3, 0.4) is 0 Å². The number of H-pyrrole nitrogens is 1. The van der Waals surface area contributed by atoms with Crippen molar-refractivity contribution < 1.29 is 24.6 Å². The number of anilines is 2. The Hall–Kier alpha value is -3.85. The van der Waals surface area contributed by atoms with Gasteiger partial charge in [0.1, 0.15) is 6.04 Å². The van der Waals surface area contributed by atoms with Crippen LogP contribution in [-0.2, 0) is 14.4 Å². The third kappa shape index (κ3) is 5.15. The maximum absolute atomic E-state index is 12.3. The van der Waals surface area contributed by atoms with Crippen molar-refractivity contribution in [2.45, 2.75) is 18.9 Å². The van der Waals surface area contributed by atoms with Crippen LogP contribution in [0.15, 0.2) is 54.7 Å². The Kier molecular flexibility index (Phi) is 6.60. The number of aromatic amines is 1. The highest BCUT2D eigenvalue weighted by Gasteiger charge is 2.32. The van der Waals surface area contributed by atoms with E-state index in [-0.39, 0.29) is 18.7 Å². The number of benzene rings is 2. The molecule has 9 heteroatoms. The van der Waals surface area contributed by atoms with Crippen molar-refractivity contribution in [1.82, 2.24) is 9.88 Å². The van der Waals surface area contributed by atoms with Crippen LogP contribution in [0.25, 0.3) is 10.9 Å². The monoisotopic (exact) mass is 450 g/mol. The molecule has 1 saturated heterocycles. The fraction of sp³-hybridized carbons (Fsp3) is 0.292. The third-order valence-electron chi connectivity index (χ3n) is 5.89. The Morgan fingerprint density at radius 1 is 0.970 bits per heavy atom. The van der Waals surface area contributed by atoms with Gasteiger partial charge in [0.05, 0.1) is 6.42 Å². The minimum absolute atomic E-state index is 0.112. The molecule has 1 atom stereocenters. The second-order valence-electron chi connectivity index (χ2n) is 8.05.